The first kappa shape index (κ1) is 18.4. The molecule has 0 aromatic rings. The molecule has 9 heteroatoms. The topological polar surface area (TPSA) is 114 Å². The first-order valence-electron chi connectivity index (χ1n) is 5.59. The van der Waals surface area contributed by atoms with Gasteiger partial charge in [-0.1, -0.05) is 28.6 Å². The molecule has 0 aromatic heterocycles. The van der Waals surface area contributed by atoms with Gasteiger partial charge in [-0.2, -0.15) is 0 Å². The van der Waals surface area contributed by atoms with Crippen LogP contribution in [0.25, 0.3) is 0 Å². The predicted octanol–water partition coefficient (Wildman–Crippen LogP) is -0.688. The van der Waals surface area contributed by atoms with Crippen LogP contribution in [0.3, 0.4) is 0 Å². The van der Waals surface area contributed by atoms with Gasteiger partial charge in [0.05, 0.1) is 13.7 Å². The van der Waals surface area contributed by atoms with E-state index in [1.807, 2.05) is 0 Å². The molecule has 2 atom stereocenters. The molecular formula is C11H17BrN2O6. The Morgan fingerprint density at radius 3 is 2.45 bits per heavy atom. The van der Waals surface area contributed by atoms with Crippen molar-refractivity contribution in [3.05, 3.63) is 12.7 Å². The van der Waals surface area contributed by atoms with Crippen LogP contribution >= 0.6 is 15.9 Å². The number of alkyl halides is 1. The van der Waals surface area contributed by atoms with E-state index in [-0.39, 0.29) is 11.9 Å². The van der Waals surface area contributed by atoms with Gasteiger partial charge < -0.3 is 25.2 Å². The fourth-order valence-corrected chi connectivity index (χ4v) is 1.51. The highest BCUT2D eigenvalue weighted by Gasteiger charge is 2.26. The minimum atomic E-state index is -1.24. The van der Waals surface area contributed by atoms with E-state index in [2.05, 4.69) is 42.6 Å². The van der Waals surface area contributed by atoms with E-state index >= 15 is 0 Å². The monoisotopic (exact) mass is 352 g/mol. The van der Waals surface area contributed by atoms with Gasteiger partial charge in [0.1, 0.15) is 18.7 Å². The number of methoxy groups -OCH3 is 1. The Labute approximate surface area is 124 Å². The lowest BCUT2D eigenvalue weighted by Gasteiger charge is -2.19. The van der Waals surface area contributed by atoms with E-state index in [9.17, 15) is 14.4 Å². The summed E-state index contributed by atoms with van der Waals surface area (Å²) in [6.45, 7) is 2.68. The van der Waals surface area contributed by atoms with Crippen LogP contribution in [0, 0.1) is 0 Å². The highest BCUT2D eigenvalue weighted by atomic mass is 79.9. The Bertz CT molecular complexity index is 363. The largest absolute Gasteiger partial charge is 0.467 e. The van der Waals surface area contributed by atoms with Gasteiger partial charge in [-0.3, -0.25) is 4.79 Å². The van der Waals surface area contributed by atoms with Crippen molar-refractivity contribution in [2.24, 2.45) is 0 Å². The van der Waals surface area contributed by atoms with Crippen molar-refractivity contribution in [2.45, 2.75) is 12.1 Å². The Morgan fingerprint density at radius 2 is 2.00 bits per heavy atom. The zero-order valence-electron chi connectivity index (χ0n) is 10.9. The highest BCUT2D eigenvalue weighted by Crippen LogP contribution is 1.96. The average molecular weight is 353 g/mol. The van der Waals surface area contributed by atoms with Crippen LogP contribution in [0.5, 0.6) is 0 Å². The highest BCUT2D eigenvalue weighted by molar-refractivity contribution is 9.09. The zero-order chi connectivity index (χ0) is 15.5. The van der Waals surface area contributed by atoms with E-state index in [4.69, 9.17) is 5.11 Å². The van der Waals surface area contributed by atoms with Crippen molar-refractivity contribution in [1.29, 1.82) is 0 Å². The van der Waals surface area contributed by atoms with E-state index in [1.165, 1.54) is 13.2 Å². The standard InChI is InChI=1S/C11H17BrN2O6/c1-3-4-20-11(18)14-8(6-15)9(16)13-7(5-12)10(17)19-2/h3,7-8,15H,1,4-6H2,2H3,(H,13,16)(H,14,18)/t7-,8-/m0/s1. The first-order chi connectivity index (χ1) is 9.49. The number of hydrogen-bond donors (Lipinski definition) is 3. The van der Waals surface area contributed by atoms with Crippen LogP contribution in [-0.2, 0) is 19.1 Å². The molecule has 0 spiro atoms. The number of aliphatic hydroxyl groups is 1. The van der Waals surface area contributed by atoms with Crippen molar-refractivity contribution < 1.29 is 29.0 Å². The Morgan fingerprint density at radius 1 is 1.35 bits per heavy atom. The molecule has 0 aliphatic rings. The molecule has 0 aromatic carbocycles. The minimum Gasteiger partial charge on any atom is -0.467 e. The van der Waals surface area contributed by atoms with Crippen LogP contribution in [0.4, 0.5) is 4.79 Å². The number of carbonyl (C=O) groups excluding carboxylic acids is 3. The van der Waals surface area contributed by atoms with Crippen molar-refractivity contribution in [3.8, 4) is 0 Å². The second kappa shape index (κ2) is 10.2. The van der Waals surface area contributed by atoms with Gasteiger partial charge >= 0.3 is 12.1 Å². The fraction of sp³-hybridized carbons (Fsp3) is 0.545. The molecule has 20 heavy (non-hydrogen) atoms. The number of esters is 1. The van der Waals surface area contributed by atoms with Crippen LogP contribution < -0.4 is 10.6 Å². The summed E-state index contributed by atoms with van der Waals surface area (Å²) in [4.78, 5) is 34.3. The van der Waals surface area contributed by atoms with Crippen LogP contribution in [0.2, 0.25) is 0 Å². The number of amides is 2. The molecule has 0 bridgehead atoms. The van der Waals surface area contributed by atoms with Crippen LogP contribution in [0.15, 0.2) is 12.7 Å². The zero-order valence-corrected chi connectivity index (χ0v) is 12.5. The van der Waals surface area contributed by atoms with Gasteiger partial charge in [-0.25, -0.2) is 9.59 Å². The number of carbonyl (C=O) groups is 3. The van der Waals surface area contributed by atoms with Crippen LogP contribution in [0.1, 0.15) is 0 Å². The lowest BCUT2D eigenvalue weighted by Crippen LogP contribution is -2.53. The summed E-state index contributed by atoms with van der Waals surface area (Å²) < 4.78 is 9.10. The van der Waals surface area contributed by atoms with Crippen molar-refractivity contribution in [1.82, 2.24) is 10.6 Å². The number of nitrogens with one attached hydrogen (secondary N) is 2. The molecule has 0 saturated heterocycles. The molecule has 0 unspecified atom stereocenters. The predicted molar refractivity (Wildman–Crippen MR) is 73.3 cm³/mol. The van der Waals surface area contributed by atoms with Crippen molar-refractivity contribution in [3.63, 3.8) is 0 Å². The lowest BCUT2D eigenvalue weighted by atomic mass is 10.2. The molecule has 0 rings (SSSR count). The van der Waals surface area contributed by atoms with Crippen molar-refractivity contribution >= 4 is 33.9 Å². The number of aliphatic hydroxyl groups excluding tert-OH is 1. The number of rotatable bonds is 8. The fourth-order valence-electron chi connectivity index (χ4n) is 1.09. The summed E-state index contributed by atoms with van der Waals surface area (Å²) >= 11 is 3.04. The van der Waals surface area contributed by atoms with Gasteiger partial charge in [-0.15, -0.1) is 0 Å². The molecule has 3 N–H and O–H groups in total. The molecule has 0 aliphatic heterocycles. The van der Waals surface area contributed by atoms with Crippen molar-refractivity contribution in [2.75, 3.05) is 25.7 Å². The van der Waals surface area contributed by atoms with E-state index in [0.717, 1.165) is 0 Å². The second-order valence-electron chi connectivity index (χ2n) is 3.51. The minimum absolute atomic E-state index is 0.0300. The Hall–Kier alpha value is -1.61. The summed E-state index contributed by atoms with van der Waals surface area (Å²) in [5.41, 5.74) is 0. The molecule has 0 radical (unpaired) electrons. The molecule has 8 nitrogen and oxygen atoms in total. The van der Waals surface area contributed by atoms with E-state index in [0.29, 0.717) is 0 Å². The third-order valence-corrected chi connectivity index (χ3v) is 2.73. The Balaban J connectivity index is 4.49. The number of hydrogen-bond acceptors (Lipinski definition) is 6. The van der Waals surface area contributed by atoms with E-state index < -0.39 is 36.7 Å². The van der Waals surface area contributed by atoms with Gasteiger partial charge in [0, 0.05) is 5.33 Å². The molecule has 114 valence electrons. The maximum Gasteiger partial charge on any atom is 0.408 e. The third kappa shape index (κ3) is 6.53. The summed E-state index contributed by atoms with van der Waals surface area (Å²) in [6.07, 6.45) is 0.471. The van der Waals surface area contributed by atoms with Gasteiger partial charge in [0.25, 0.3) is 0 Å². The summed E-state index contributed by atoms with van der Waals surface area (Å²) in [5, 5.41) is 13.7. The number of halogens is 1. The smallest absolute Gasteiger partial charge is 0.408 e. The molecule has 0 heterocycles. The first-order valence-corrected chi connectivity index (χ1v) is 6.71. The average Bonchev–Trinajstić information content (AvgIpc) is 2.46. The number of alkyl carbamates (subject to hydrolysis) is 1. The summed E-state index contributed by atoms with van der Waals surface area (Å²) in [5.74, 6) is -1.39. The molecular weight excluding hydrogens is 336 g/mol. The molecule has 2 amide bonds. The lowest BCUT2D eigenvalue weighted by molar-refractivity contribution is -0.144. The maximum absolute atomic E-state index is 11.8. The quantitative estimate of drug-likeness (QED) is 0.302. The third-order valence-electron chi connectivity index (χ3n) is 2.08. The maximum atomic E-state index is 11.8. The van der Waals surface area contributed by atoms with Crippen LogP contribution in [-0.4, -0.2) is 60.8 Å². The Kier molecular flexibility index (Phi) is 9.39. The van der Waals surface area contributed by atoms with Gasteiger partial charge in [0.2, 0.25) is 5.91 Å². The van der Waals surface area contributed by atoms with Gasteiger partial charge in [0.15, 0.2) is 0 Å². The summed E-state index contributed by atoms with van der Waals surface area (Å²) in [7, 11) is 1.18. The normalized spacial score (nSPS) is 12.8. The number of ether oxygens (including phenoxy) is 2. The van der Waals surface area contributed by atoms with Gasteiger partial charge in [-0.05, 0) is 0 Å². The molecule has 0 fully saturated rings. The molecule has 0 aliphatic carbocycles. The summed E-state index contributed by atoms with van der Waals surface area (Å²) in [6, 6.07) is -2.16. The SMILES string of the molecule is C=CCOC(=O)N[C@@H](CO)C(=O)N[C@@H](CBr)C(=O)OC. The van der Waals surface area contributed by atoms with E-state index in [1.54, 1.807) is 0 Å². The second-order valence-corrected chi connectivity index (χ2v) is 4.15. The molecule has 0 saturated carbocycles.